The van der Waals surface area contributed by atoms with E-state index in [4.69, 9.17) is 11.6 Å². The molecule has 1 heterocycles. The van der Waals surface area contributed by atoms with Gasteiger partial charge in [-0.25, -0.2) is 9.69 Å². The van der Waals surface area contributed by atoms with Crippen molar-refractivity contribution >= 4 is 29.2 Å². The summed E-state index contributed by atoms with van der Waals surface area (Å²) in [6, 6.07) is 4.93. The van der Waals surface area contributed by atoms with Gasteiger partial charge in [-0.15, -0.1) is 0 Å². The third kappa shape index (κ3) is 1.99. The van der Waals surface area contributed by atoms with Gasteiger partial charge in [0.25, 0.3) is 0 Å². The molecule has 0 unspecified atom stereocenters. The second-order valence-electron chi connectivity index (χ2n) is 5.72. The molecule has 1 saturated heterocycles. The SMILES string of the molecule is Cc1ccc(N2C(=O)NCC3(CCCC3)C2=O)cc1Cl. The number of aryl methyl sites for hydroxylation is 1. The van der Waals surface area contributed by atoms with Crippen LogP contribution in [0.4, 0.5) is 10.5 Å². The first kappa shape index (κ1) is 13.4. The Morgan fingerprint density at radius 3 is 2.60 bits per heavy atom. The van der Waals surface area contributed by atoms with E-state index in [-0.39, 0.29) is 11.9 Å². The van der Waals surface area contributed by atoms with Gasteiger partial charge in [-0.2, -0.15) is 0 Å². The molecule has 2 fully saturated rings. The fourth-order valence-corrected chi connectivity index (χ4v) is 3.30. The van der Waals surface area contributed by atoms with Crippen molar-refractivity contribution < 1.29 is 9.59 Å². The summed E-state index contributed by atoms with van der Waals surface area (Å²) in [5.74, 6) is -0.0846. The zero-order chi connectivity index (χ0) is 14.3. The van der Waals surface area contributed by atoms with Crippen molar-refractivity contribution in [3.8, 4) is 0 Å². The van der Waals surface area contributed by atoms with E-state index >= 15 is 0 Å². The second kappa shape index (κ2) is 4.77. The highest BCUT2D eigenvalue weighted by Crippen LogP contribution is 2.42. The second-order valence-corrected chi connectivity index (χ2v) is 6.13. The molecule has 1 aliphatic carbocycles. The van der Waals surface area contributed by atoms with Gasteiger partial charge in [0.15, 0.2) is 0 Å². The van der Waals surface area contributed by atoms with E-state index in [1.54, 1.807) is 12.1 Å². The number of imide groups is 1. The molecule has 1 saturated carbocycles. The Morgan fingerprint density at radius 2 is 1.95 bits per heavy atom. The molecule has 0 bridgehead atoms. The lowest BCUT2D eigenvalue weighted by Gasteiger charge is -2.38. The van der Waals surface area contributed by atoms with E-state index in [2.05, 4.69) is 5.32 Å². The molecule has 0 aromatic heterocycles. The highest BCUT2D eigenvalue weighted by Gasteiger charge is 2.49. The predicted molar refractivity (Wildman–Crippen MR) is 78.0 cm³/mol. The standard InChI is InChI=1S/C15H17ClN2O2/c1-10-4-5-11(8-12(10)16)18-13(19)15(6-2-3-7-15)9-17-14(18)20/h4-5,8H,2-3,6-7,9H2,1H3,(H,17,20). The van der Waals surface area contributed by atoms with Crippen molar-refractivity contribution in [2.75, 3.05) is 11.4 Å². The molecule has 106 valence electrons. The van der Waals surface area contributed by atoms with Crippen LogP contribution in [0.2, 0.25) is 5.02 Å². The summed E-state index contributed by atoms with van der Waals surface area (Å²) in [6.07, 6.45) is 3.79. The Balaban J connectivity index is 1.99. The number of anilines is 1. The summed E-state index contributed by atoms with van der Waals surface area (Å²) in [5, 5.41) is 3.41. The molecule has 1 spiro atoms. The van der Waals surface area contributed by atoms with Gasteiger partial charge in [-0.05, 0) is 37.5 Å². The van der Waals surface area contributed by atoms with Gasteiger partial charge in [0.05, 0.1) is 11.1 Å². The quantitative estimate of drug-likeness (QED) is 0.863. The Bertz CT molecular complexity index is 579. The molecule has 1 N–H and O–H groups in total. The van der Waals surface area contributed by atoms with Crippen LogP contribution in [0.15, 0.2) is 18.2 Å². The molecule has 0 atom stereocenters. The number of carbonyl (C=O) groups excluding carboxylic acids is 2. The number of urea groups is 1. The Hall–Kier alpha value is -1.55. The molecule has 1 aromatic carbocycles. The van der Waals surface area contributed by atoms with E-state index in [9.17, 15) is 9.59 Å². The molecule has 4 nitrogen and oxygen atoms in total. The number of nitrogens with zero attached hydrogens (tertiary/aromatic N) is 1. The summed E-state index contributed by atoms with van der Waals surface area (Å²) in [5.41, 5.74) is 1.07. The molecule has 0 radical (unpaired) electrons. The van der Waals surface area contributed by atoms with Crippen molar-refractivity contribution in [2.45, 2.75) is 32.6 Å². The number of amides is 3. The van der Waals surface area contributed by atoms with Gasteiger partial charge in [0, 0.05) is 11.6 Å². The van der Waals surface area contributed by atoms with Gasteiger partial charge in [0.2, 0.25) is 5.91 Å². The third-order valence-corrected chi connectivity index (χ3v) is 4.82. The maximum atomic E-state index is 12.8. The lowest BCUT2D eigenvalue weighted by molar-refractivity contribution is -0.127. The lowest BCUT2D eigenvalue weighted by atomic mass is 9.83. The third-order valence-electron chi connectivity index (χ3n) is 4.41. The van der Waals surface area contributed by atoms with Gasteiger partial charge in [0.1, 0.15) is 0 Å². The van der Waals surface area contributed by atoms with E-state index in [0.717, 1.165) is 31.2 Å². The summed E-state index contributed by atoms with van der Waals surface area (Å²) in [6.45, 7) is 2.35. The van der Waals surface area contributed by atoms with E-state index in [1.807, 2.05) is 13.0 Å². The largest absolute Gasteiger partial charge is 0.336 e. The van der Waals surface area contributed by atoms with Crippen LogP contribution in [0.5, 0.6) is 0 Å². The Labute approximate surface area is 123 Å². The minimum Gasteiger partial charge on any atom is -0.336 e. The van der Waals surface area contributed by atoms with Crippen LogP contribution in [0.25, 0.3) is 0 Å². The average Bonchev–Trinajstić information content (AvgIpc) is 2.89. The van der Waals surface area contributed by atoms with Gasteiger partial charge in [-0.3, -0.25) is 4.79 Å². The van der Waals surface area contributed by atoms with Crippen molar-refractivity contribution in [3.05, 3.63) is 28.8 Å². The average molecular weight is 293 g/mol. The number of carbonyl (C=O) groups is 2. The highest BCUT2D eigenvalue weighted by atomic mass is 35.5. The zero-order valence-electron chi connectivity index (χ0n) is 11.4. The summed E-state index contributed by atoms with van der Waals surface area (Å²) in [7, 11) is 0. The molecule has 2 aliphatic rings. The molecule has 3 amide bonds. The molecule has 1 aromatic rings. The van der Waals surface area contributed by atoms with Crippen LogP contribution in [-0.2, 0) is 4.79 Å². The van der Waals surface area contributed by atoms with Crippen LogP contribution in [0.1, 0.15) is 31.2 Å². The topological polar surface area (TPSA) is 49.4 Å². The smallest absolute Gasteiger partial charge is 0.328 e. The predicted octanol–water partition coefficient (Wildman–Crippen LogP) is 3.27. The first-order chi connectivity index (χ1) is 9.53. The number of nitrogens with one attached hydrogen (secondary N) is 1. The molecule has 5 heteroatoms. The number of benzene rings is 1. The summed E-state index contributed by atoms with van der Waals surface area (Å²) >= 11 is 6.11. The van der Waals surface area contributed by atoms with Gasteiger partial charge in [-0.1, -0.05) is 30.5 Å². The Morgan fingerprint density at radius 1 is 1.25 bits per heavy atom. The Kier molecular flexibility index (Phi) is 3.21. The van der Waals surface area contributed by atoms with Crippen LogP contribution < -0.4 is 10.2 Å². The normalized spacial score (nSPS) is 21.4. The summed E-state index contributed by atoms with van der Waals surface area (Å²) < 4.78 is 0. The lowest BCUT2D eigenvalue weighted by Crippen LogP contribution is -2.60. The number of hydrogen-bond acceptors (Lipinski definition) is 2. The highest BCUT2D eigenvalue weighted by molar-refractivity contribution is 6.32. The number of hydrogen-bond donors (Lipinski definition) is 1. The van der Waals surface area contributed by atoms with Crippen molar-refractivity contribution in [3.63, 3.8) is 0 Å². The monoisotopic (exact) mass is 292 g/mol. The maximum absolute atomic E-state index is 12.8. The van der Waals surface area contributed by atoms with E-state index in [1.165, 1.54) is 4.90 Å². The van der Waals surface area contributed by atoms with E-state index in [0.29, 0.717) is 17.3 Å². The summed E-state index contributed by atoms with van der Waals surface area (Å²) in [4.78, 5) is 26.1. The van der Waals surface area contributed by atoms with Crippen LogP contribution in [0.3, 0.4) is 0 Å². The fraction of sp³-hybridized carbons (Fsp3) is 0.467. The number of rotatable bonds is 1. The maximum Gasteiger partial charge on any atom is 0.328 e. The molecule has 1 aliphatic heterocycles. The number of halogens is 1. The minimum absolute atomic E-state index is 0.0846. The fourth-order valence-electron chi connectivity index (χ4n) is 3.13. The van der Waals surface area contributed by atoms with Gasteiger partial charge < -0.3 is 5.32 Å². The molecular weight excluding hydrogens is 276 g/mol. The van der Waals surface area contributed by atoms with Crippen molar-refractivity contribution in [2.24, 2.45) is 5.41 Å². The van der Waals surface area contributed by atoms with Crippen LogP contribution in [0, 0.1) is 12.3 Å². The first-order valence-electron chi connectivity index (χ1n) is 6.92. The van der Waals surface area contributed by atoms with Crippen molar-refractivity contribution in [1.82, 2.24) is 5.32 Å². The van der Waals surface area contributed by atoms with Crippen molar-refractivity contribution in [1.29, 1.82) is 0 Å². The van der Waals surface area contributed by atoms with Crippen LogP contribution >= 0.6 is 11.6 Å². The van der Waals surface area contributed by atoms with E-state index < -0.39 is 5.41 Å². The first-order valence-corrected chi connectivity index (χ1v) is 7.30. The molecular formula is C15H17ClN2O2. The molecule has 20 heavy (non-hydrogen) atoms. The van der Waals surface area contributed by atoms with Crippen LogP contribution in [-0.4, -0.2) is 18.5 Å². The zero-order valence-corrected chi connectivity index (χ0v) is 12.2. The molecule has 3 rings (SSSR count). The minimum atomic E-state index is -0.411. The van der Waals surface area contributed by atoms with Gasteiger partial charge >= 0.3 is 6.03 Å².